The van der Waals surface area contributed by atoms with Crippen LogP contribution in [0, 0.1) is 0 Å². The standard InChI is InChI=1S/C13H15BrN2/c1-9(2)16-12(7-8-13(16)15)10-3-5-11(14)6-4-10/h3-9H,15H2,1-2H3. The quantitative estimate of drug-likeness (QED) is 0.882. The molecule has 0 aliphatic heterocycles. The lowest BCUT2D eigenvalue weighted by Crippen LogP contribution is -2.06. The molecule has 16 heavy (non-hydrogen) atoms. The van der Waals surface area contributed by atoms with Crippen molar-refractivity contribution in [2.75, 3.05) is 5.73 Å². The van der Waals surface area contributed by atoms with E-state index in [2.05, 4.69) is 52.5 Å². The Morgan fingerprint density at radius 1 is 1.06 bits per heavy atom. The maximum absolute atomic E-state index is 5.96. The summed E-state index contributed by atoms with van der Waals surface area (Å²) in [5.74, 6) is 0.813. The molecule has 3 heteroatoms. The number of benzene rings is 1. The monoisotopic (exact) mass is 278 g/mol. The van der Waals surface area contributed by atoms with Crippen molar-refractivity contribution in [3.8, 4) is 11.3 Å². The van der Waals surface area contributed by atoms with Crippen molar-refractivity contribution >= 4 is 21.7 Å². The van der Waals surface area contributed by atoms with Gasteiger partial charge in [0.2, 0.25) is 0 Å². The molecule has 2 N–H and O–H groups in total. The van der Waals surface area contributed by atoms with Crippen LogP contribution in [0.15, 0.2) is 40.9 Å². The van der Waals surface area contributed by atoms with Gasteiger partial charge in [0, 0.05) is 16.2 Å². The summed E-state index contributed by atoms with van der Waals surface area (Å²) >= 11 is 3.44. The lowest BCUT2D eigenvalue weighted by molar-refractivity contribution is 0.618. The number of halogens is 1. The van der Waals surface area contributed by atoms with Crippen molar-refractivity contribution in [3.05, 3.63) is 40.9 Å². The Morgan fingerprint density at radius 2 is 1.69 bits per heavy atom. The van der Waals surface area contributed by atoms with Gasteiger partial charge < -0.3 is 10.3 Å². The van der Waals surface area contributed by atoms with Crippen LogP contribution in [0.3, 0.4) is 0 Å². The van der Waals surface area contributed by atoms with E-state index in [1.54, 1.807) is 0 Å². The number of rotatable bonds is 2. The number of anilines is 1. The largest absolute Gasteiger partial charge is 0.385 e. The van der Waals surface area contributed by atoms with Crippen LogP contribution in [0.5, 0.6) is 0 Å². The fourth-order valence-corrected chi connectivity index (χ4v) is 2.16. The Balaban J connectivity index is 2.52. The molecule has 1 heterocycles. The number of hydrogen-bond donors (Lipinski definition) is 1. The summed E-state index contributed by atoms with van der Waals surface area (Å²) in [6.45, 7) is 4.28. The highest BCUT2D eigenvalue weighted by molar-refractivity contribution is 9.10. The van der Waals surface area contributed by atoms with Crippen molar-refractivity contribution in [1.29, 1.82) is 0 Å². The summed E-state index contributed by atoms with van der Waals surface area (Å²) < 4.78 is 3.23. The smallest absolute Gasteiger partial charge is 0.103 e. The molecule has 0 atom stereocenters. The average molecular weight is 279 g/mol. The van der Waals surface area contributed by atoms with E-state index in [0.29, 0.717) is 6.04 Å². The second kappa shape index (κ2) is 4.34. The van der Waals surface area contributed by atoms with E-state index in [-0.39, 0.29) is 0 Å². The third kappa shape index (κ3) is 2.00. The number of nitrogens with zero attached hydrogens (tertiary/aromatic N) is 1. The van der Waals surface area contributed by atoms with Crippen LogP contribution >= 0.6 is 15.9 Å². The number of nitrogen functional groups attached to an aromatic ring is 1. The van der Waals surface area contributed by atoms with Crippen molar-refractivity contribution in [3.63, 3.8) is 0 Å². The first-order chi connectivity index (χ1) is 7.59. The zero-order chi connectivity index (χ0) is 11.7. The van der Waals surface area contributed by atoms with Gasteiger partial charge in [-0.05, 0) is 43.7 Å². The highest BCUT2D eigenvalue weighted by atomic mass is 79.9. The van der Waals surface area contributed by atoms with Gasteiger partial charge in [-0.15, -0.1) is 0 Å². The van der Waals surface area contributed by atoms with E-state index in [9.17, 15) is 0 Å². The maximum atomic E-state index is 5.96. The molecule has 0 radical (unpaired) electrons. The third-order valence-electron chi connectivity index (χ3n) is 2.61. The molecule has 0 amide bonds. The molecule has 2 rings (SSSR count). The summed E-state index contributed by atoms with van der Waals surface area (Å²) in [6.07, 6.45) is 0. The number of hydrogen-bond acceptors (Lipinski definition) is 1. The van der Waals surface area contributed by atoms with Gasteiger partial charge in [-0.1, -0.05) is 28.1 Å². The summed E-state index contributed by atoms with van der Waals surface area (Å²) in [4.78, 5) is 0. The molecule has 1 aromatic carbocycles. The van der Waals surface area contributed by atoms with E-state index in [1.165, 1.54) is 11.3 Å². The molecule has 0 saturated heterocycles. The molecule has 0 fully saturated rings. The molecule has 0 spiro atoms. The zero-order valence-corrected chi connectivity index (χ0v) is 11.0. The van der Waals surface area contributed by atoms with E-state index in [1.807, 2.05) is 18.2 Å². The van der Waals surface area contributed by atoms with E-state index in [0.717, 1.165) is 10.3 Å². The van der Waals surface area contributed by atoms with Crippen molar-refractivity contribution < 1.29 is 0 Å². The van der Waals surface area contributed by atoms with E-state index >= 15 is 0 Å². The third-order valence-corrected chi connectivity index (χ3v) is 3.13. The normalized spacial score (nSPS) is 11.0. The molecule has 0 saturated carbocycles. The van der Waals surface area contributed by atoms with Gasteiger partial charge >= 0.3 is 0 Å². The number of nitrogens with two attached hydrogens (primary N) is 1. The minimum absolute atomic E-state index is 0.369. The van der Waals surface area contributed by atoms with Gasteiger partial charge in [-0.2, -0.15) is 0 Å². The molecular formula is C13H15BrN2. The fraction of sp³-hybridized carbons (Fsp3) is 0.231. The predicted molar refractivity (Wildman–Crippen MR) is 72.4 cm³/mol. The molecule has 0 aliphatic rings. The first-order valence-electron chi connectivity index (χ1n) is 5.32. The first kappa shape index (κ1) is 11.3. The van der Waals surface area contributed by atoms with Crippen LogP contribution in [0.2, 0.25) is 0 Å². The lowest BCUT2D eigenvalue weighted by atomic mass is 10.1. The topological polar surface area (TPSA) is 30.9 Å². The second-order valence-electron chi connectivity index (χ2n) is 4.11. The summed E-state index contributed by atoms with van der Waals surface area (Å²) in [6, 6.07) is 12.7. The molecule has 0 aliphatic carbocycles. The van der Waals surface area contributed by atoms with Gasteiger partial charge in [-0.25, -0.2) is 0 Å². The minimum Gasteiger partial charge on any atom is -0.385 e. The number of aromatic nitrogens is 1. The van der Waals surface area contributed by atoms with Crippen LogP contribution < -0.4 is 5.73 Å². The Labute approximate surface area is 104 Å². The molecule has 2 aromatic rings. The van der Waals surface area contributed by atoms with Crippen molar-refractivity contribution in [2.24, 2.45) is 0 Å². The van der Waals surface area contributed by atoms with Crippen LogP contribution in [0.1, 0.15) is 19.9 Å². The van der Waals surface area contributed by atoms with Crippen molar-refractivity contribution in [2.45, 2.75) is 19.9 Å². The summed E-state index contributed by atoms with van der Waals surface area (Å²) in [7, 11) is 0. The molecule has 0 unspecified atom stereocenters. The Bertz CT molecular complexity index is 483. The van der Waals surface area contributed by atoms with E-state index in [4.69, 9.17) is 5.73 Å². The highest BCUT2D eigenvalue weighted by Gasteiger charge is 2.10. The van der Waals surface area contributed by atoms with E-state index < -0.39 is 0 Å². The average Bonchev–Trinajstić information content (AvgIpc) is 2.61. The lowest BCUT2D eigenvalue weighted by Gasteiger charge is -2.15. The Hall–Kier alpha value is -1.22. The van der Waals surface area contributed by atoms with Crippen molar-refractivity contribution in [1.82, 2.24) is 4.57 Å². The molecule has 84 valence electrons. The van der Waals surface area contributed by atoms with Crippen LogP contribution in [-0.4, -0.2) is 4.57 Å². The SMILES string of the molecule is CC(C)n1c(N)ccc1-c1ccc(Br)cc1. The van der Waals surface area contributed by atoms with Gasteiger partial charge in [0.15, 0.2) is 0 Å². The van der Waals surface area contributed by atoms with Gasteiger partial charge in [0.05, 0.1) is 0 Å². The molecular weight excluding hydrogens is 264 g/mol. The summed E-state index contributed by atoms with van der Waals surface area (Å²) in [5, 5.41) is 0. The Kier molecular flexibility index (Phi) is 3.06. The molecule has 0 bridgehead atoms. The van der Waals surface area contributed by atoms with Gasteiger partial charge in [0.1, 0.15) is 5.82 Å². The molecule has 1 aromatic heterocycles. The van der Waals surface area contributed by atoms with Crippen LogP contribution in [0.4, 0.5) is 5.82 Å². The fourth-order valence-electron chi connectivity index (χ4n) is 1.90. The highest BCUT2D eigenvalue weighted by Crippen LogP contribution is 2.28. The minimum atomic E-state index is 0.369. The first-order valence-corrected chi connectivity index (χ1v) is 6.11. The predicted octanol–water partition coefficient (Wildman–Crippen LogP) is 4.08. The summed E-state index contributed by atoms with van der Waals surface area (Å²) in [5.41, 5.74) is 8.32. The second-order valence-corrected chi connectivity index (χ2v) is 5.03. The van der Waals surface area contributed by atoms with Crippen LogP contribution in [0.25, 0.3) is 11.3 Å². The Morgan fingerprint density at radius 3 is 2.25 bits per heavy atom. The maximum Gasteiger partial charge on any atom is 0.103 e. The van der Waals surface area contributed by atoms with Crippen LogP contribution in [-0.2, 0) is 0 Å². The van der Waals surface area contributed by atoms with Gasteiger partial charge in [-0.3, -0.25) is 0 Å². The molecule has 2 nitrogen and oxygen atoms in total. The van der Waals surface area contributed by atoms with Gasteiger partial charge in [0.25, 0.3) is 0 Å². The zero-order valence-electron chi connectivity index (χ0n) is 9.44.